The Kier molecular flexibility index (Phi) is 4.58. The molecule has 0 fully saturated rings. The molecule has 3 rings (SSSR count). The number of nitrogens with zero attached hydrogens (tertiary/aromatic N) is 3. The largest absolute Gasteiger partial charge is 0.379 e. The summed E-state index contributed by atoms with van der Waals surface area (Å²) in [4.78, 5) is 4.17. The van der Waals surface area contributed by atoms with Crippen molar-refractivity contribution in [2.75, 3.05) is 0 Å². The molecule has 3 aromatic rings. The van der Waals surface area contributed by atoms with Gasteiger partial charge in [-0.25, -0.2) is 9.67 Å². The Balaban J connectivity index is 1.88. The van der Waals surface area contributed by atoms with Crippen molar-refractivity contribution in [3.8, 4) is 11.6 Å². The summed E-state index contributed by atoms with van der Waals surface area (Å²) in [6.45, 7) is 8.09. The van der Waals surface area contributed by atoms with Crippen LogP contribution in [-0.2, 0) is 15.5 Å². The second-order valence-corrected chi connectivity index (χ2v) is 8.67. The fourth-order valence-corrected chi connectivity index (χ4v) is 3.25. The molecular formula is C19H21N3O3S. The minimum absolute atomic E-state index is 0.0260. The predicted octanol–water partition coefficient (Wildman–Crippen LogP) is 3.64. The summed E-state index contributed by atoms with van der Waals surface area (Å²) in [6.07, 6.45) is 4.30. The van der Waals surface area contributed by atoms with Crippen molar-refractivity contribution in [2.45, 2.75) is 38.0 Å². The average Bonchev–Trinajstić information content (AvgIpc) is 3.05. The van der Waals surface area contributed by atoms with Gasteiger partial charge in [-0.3, -0.25) is 0 Å². The zero-order valence-corrected chi connectivity index (χ0v) is 16.0. The molecule has 0 unspecified atom stereocenters. The SMILES string of the molecule is Cc1ccnc(-n2cc(S(=O)(=O)Oc3cccc(C(C)(C)C)c3)cn2)c1. The van der Waals surface area contributed by atoms with E-state index >= 15 is 0 Å². The van der Waals surface area contributed by atoms with E-state index in [0.717, 1.165) is 11.1 Å². The van der Waals surface area contributed by atoms with Crippen LogP contribution in [0.5, 0.6) is 5.75 Å². The first-order valence-electron chi connectivity index (χ1n) is 8.18. The quantitative estimate of drug-likeness (QED) is 0.655. The summed E-state index contributed by atoms with van der Waals surface area (Å²) in [5.74, 6) is 0.819. The van der Waals surface area contributed by atoms with Gasteiger partial charge in [-0.2, -0.15) is 13.5 Å². The van der Waals surface area contributed by atoms with E-state index in [2.05, 4.69) is 30.9 Å². The summed E-state index contributed by atoms with van der Waals surface area (Å²) in [5.41, 5.74) is 1.89. The molecule has 0 aliphatic rings. The van der Waals surface area contributed by atoms with Gasteiger partial charge in [0, 0.05) is 6.20 Å². The maximum absolute atomic E-state index is 12.6. The van der Waals surface area contributed by atoms with Crippen LogP contribution in [0.15, 0.2) is 59.9 Å². The molecule has 136 valence electrons. The zero-order chi connectivity index (χ0) is 18.9. The van der Waals surface area contributed by atoms with Gasteiger partial charge < -0.3 is 4.18 Å². The van der Waals surface area contributed by atoms with Crippen molar-refractivity contribution in [3.63, 3.8) is 0 Å². The van der Waals surface area contributed by atoms with E-state index in [1.165, 1.54) is 17.1 Å². The third-order valence-corrected chi connectivity index (χ3v) is 5.09. The topological polar surface area (TPSA) is 74.1 Å². The summed E-state index contributed by atoms with van der Waals surface area (Å²) in [5, 5.41) is 4.09. The van der Waals surface area contributed by atoms with Gasteiger partial charge in [0.25, 0.3) is 0 Å². The monoisotopic (exact) mass is 371 g/mol. The molecule has 0 bridgehead atoms. The summed E-state index contributed by atoms with van der Waals surface area (Å²) in [7, 11) is -3.98. The Bertz CT molecular complexity index is 1030. The van der Waals surface area contributed by atoms with Gasteiger partial charge in [0.15, 0.2) is 5.82 Å². The van der Waals surface area contributed by atoms with Gasteiger partial charge in [-0.1, -0.05) is 32.9 Å². The summed E-state index contributed by atoms with van der Waals surface area (Å²) >= 11 is 0. The van der Waals surface area contributed by atoms with E-state index in [9.17, 15) is 8.42 Å². The van der Waals surface area contributed by atoms with Crippen LogP contribution < -0.4 is 4.18 Å². The molecule has 0 amide bonds. The second-order valence-electron chi connectivity index (χ2n) is 7.13. The Labute approximate surface area is 153 Å². The lowest BCUT2D eigenvalue weighted by Crippen LogP contribution is -2.13. The van der Waals surface area contributed by atoms with E-state index in [1.807, 2.05) is 25.1 Å². The van der Waals surface area contributed by atoms with Crippen LogP contribution in [0.1, 0.15) is 31.9 Å². The molecular weight excluding hydrogens is 350 g/mol. The number of rotatable bonds is 4. The van der Waals surface area contributed by atoms with E-state index in [1.54, 1.807) is 24.4 Å². The van der Waals surface area contributed by atoms with Gasteiger partial charge in [0.2, 0.25) is 0 Å². The van der Waals surface area contributed by atoms with Gasteiger partial charge in [0.1, 0.15) is 10.6 Å². The Morgan fingerprint density at radius 2 is 1.88 bits per heavy atom. The smallest absolute Gasteiger partial charge is 0.342 e. The molecule has 2 aromatic heterocycles. The number of pyridine rings is 1. The minimum atomic E-state index is -3.98. The van der Waals surface area contributed by atoms with Crippen molar-refractivity contribution in [1.29, 1.82) is 0 Å². The van der Waals surface area contributed by atoms with Gasteiger partial charge in [0.05, 0.1) is 12.4 Å². The van der Waals surface area contributed by atoms with E-state index < -0.39 is 10.1 Å². The lowest BCUT2D eigenvalue weighted by molar-refractivity contribution is 0.484. The molecule has 0 saturated heterocycles. The third-order valence-electron chi connectivity index (χ3n) is 3.89. The van der Waals surface area contributed by atoms with Gasteiger partial charge in [-0.05, 0) is 47.7 Å². The minimum Gasteiger partial charge on any atom is -0.379 e. The Morgan fingerprint density at radius 1 is 1.12 bits per heavy atom. The highest BCUT2D eigenvalue weighted by Gasteiger charge is 2.21. The fourth-order valence-electron chi connectivity index (χ4n) is 2.40. The molecule has 7 heteroatoms. The molecule has 26 heavy (non-hydrogen) atoms. The standard InChI is InChI=1S/C19H21N3O3S/c1-14-8-9-20-18(10-14)22-13-17(12-21-22)26(23,24)25-16-7-5-6-15(11-16)19(2,3)4/h5-13H,1-4H3. The van der Waals surface area contributed by atoms with Crippen molar-refractivity contribution in [1.82, 2.24) is 14.8 Å². The molecule has 0 saturated carbocycles. The lowest BCUT2D eigenvalue weighted by atomic mass is 9.87. The highest BCUT2D eigenvalue weighted by atomic mass is 32.2. The Hall–Kier alpha value is -2.67. The number of hydrogen-bond donors (Lipinski definition) is 0. The molecule has 0 spiro atoms. The van der Waals surface area contributed by atoms with Gasteiger partial charge in [-0.15, -0.1) is 0 Å². The normalized spacial score (nSPS) is 12.2. The molecule has 0 atom stereocenters. The van der Waals surface area contributed by atoms with Crippen molar-refractivity contribution in [3.05, 3.63) is 66.1 Å². The van der Waals surface area contributed by atoms with E-state index in [-0.39, 0.29) is 16.1 Å². The molecule has 0 radical (unpaired) electrons. The van der Waals surface area contributed by atoms with Crippen LogP contribution in [0.4, 0.5) is 0 Å². The van der Waals surface area contributed by atoms with Crippen LogP contribution in [0.2, 0.25) is 0 Å². The maximum Gasteiger partial charge on any atom is 0.342 e. The Morgan fingerprint density at radius 3 is 2.58 bits per heavy atom. The van der Waals surface area contributed by atoms with Crippen molar-refractivity contribution < 1.29 is 12.6 Å². The summed E-state index contributed by atoms with van der Waals surface area (Å²) in [6, 6.07) is 10.8. The van der Waals surface area contributed by atoms with Crippen LogP contribution in [0.3, 0.4) is 0 Å². The third kappa shape index (κ3) is 3.94. The average molecular weight is 371 g/mol. The molecule has 1 aromatic carbocycles. The number of benzene rings is 1. The van der Waals surface area contributed by atoms with E-state index in [4.69, 9.17) is 4.18 Å². The first-order valence-corrected chi connectivity index (χ1v) is 9.59. The highest BCUT2D eigenvalue weighted by Crippen LogP contribution is 2.27. The van der Waals surface area contributed by atoms with E-state index in [0.29, 0.717) is 5.82 Å². The second kappa shape index (κ2) is 6.57. The predicted molar refractivity (Wildman–Crippen MR) is 99.1 cm³/mol. The van der Waals surface area contributed by atoms with Crippen molar-refractivity contribution >= 4 is 10.1 Å². The fraction of sp³-hybridized carbons (Fsp3) is 0.263. The highest BCUT2D eigenvalue weighted by molar-refractivity contribution is 7.87. The van der Waals surface area contributed by atoms with Crippen LogP contribution in [0.25, 0.3) is 5.82 Å². The number of aryl methyl sites for hydroxylation is 1. The first kappa shape index (κ1) is 18.1. The van der Waals surface area contributed by atoms with Crippen molar-refractivity contribution in [2.24, 2.45) is 0 Å². The van der Waals surface area contributed by atoms with Crippen LogP contribution in [0, 0.1) is 6.92 Å². The lowest BCUT2D eigenvalue weighted by Gasteiger charge is -2.19. The molecule has 2 heterocycles. The number of aromatic nitrogens is 3. The van der Waals surface area contributed by atoms with Crippen LogP contribution >= 0.6 is 0 Å². The molecule has 0 aliphatic heterocycles. The number of hydrogen-bond acceptors (Lipinski definition) is 5. The zero-order valence-electron chi connectivity index (χ0n) is 15.2. The van der Waals surface area contributed by atoms with Crippen LogP contribution in [-0.4, -0.2) is 23.2 Å². The summed E-state index contributed by atoms with van der Waals surface area (Å²) < 4.78 is 31.9. The molecule has 0 N–H and O–H groups in total. The molecule has 6 nitrogen and oxygen atoms in total. The maximum atomic E-state index is 12.6. The van der Waals surface area contributed by atoms with Gasteiger partial charge >= 0.3 is 10.1 Å². The molecule has 0 aliphatic carbocycles. The first-order chi connectivity index (χ1) is 12.1.